The predicted octanol–water partition coefficient (Wildman–Crippen LogP) is 1.86. The van der Waals surface area contributed by atoms with E-state index in [0.29, 0.717) is 5.75 Å². The van der Waals surface area contributed by atoms with E-state index in [1.54, 1.807) is 16.7 Å². The lowest BCUT2D eigenvalue weighted by Crippen LogP contribution is -2.53. The highest BCUT2D eigenvalue weighted by molar-refractivity contribution is 8.00. The van der Waals surface area contributed by atoms with Gasteiger partial charge < -0.3 is 14.8 Å². The highest BCUT2D eigenvalue weighted by Crippen LogP contribution is 2.51. The van der Waals surface area contributed by atoms with Crippen molar-refractivity contribution >= 4 is 23.6 Å². The maximum Gasteiger partial charge on any atom is 0.227 e. The molecule has 23 heavy (non-hydrogen) atoms. The molecule has 2 fully saturated rings. The molecule has 1 heterocycles. The first-order chi connectivity index (χ1) is 10.8. The molecule has 124 valence electrons. The third-order valence-electron chi connectivity index (χ3n) is 4.60. The Morgan fingerprint density at radius 3 is 2.43 bits per heavy atom. The molecule has 0 N–H and O–H groups in total. The van der Waals surface area contributed by atoms with Gasteiger partial charge in [-0.05, 0) is 23.3 Å². The number of rotatable bonds is 3. The molecule has 5 heteroatoms. The van der Waals surface area contributed by atoms with E-state index in [1.165, 1.54) is 0 Å². The first-order valence-electron chi connectivity index (χ1n) is 8.00. The Bertz CT molecular complexity index is 610. The van der Waals surface area contributed by atoms with Gasteiger partial charge in [0.25, 0.3) is 0 Å². The first kappa shape index (κ1) is 16.4. The van der Waals surface area contributed by atoms with Crippen molar-refractivity contribution in [3.8, 4) is 0 Å². The van der Waals surface area contributed by atoms with Crippen molar-refractivity contribution < 1.29 is 14.7 Å². The number of benzene rings is 1. The zero-order valence-electron chi connectivity index (χ0n) is 13.7. The number of carbonyl (C=O) groups excluding carboxylic acids is 2. The number of thioether (sulfide) groups is 1. The van der Waals surface area contributed by atoms with E-state index in [9.17, 15) is 14.7 Å². The zero-order chi connectivity index (χ0) is 16.8. The number of hydrogen-bond donors (Lipinski definition) is 0. The van der Waals surface area contributed by atoms with Crippen LogP contribution < -0.4 is 5.11 Å². The molecule has 1 aliphatic carbocycles. The van der Waals surface area contributed by atoms with Gasteiger partial charge in [-0.25, -0.2) is 0 Å². The minimum atomic E-state index is -1.14. The molecular weight excluding hydrogens is 310 g/mol. The molecular formula is C18H22NO3S-. The Kier molecular flexibility index (Phi) is 4.17. The quantitative estimate of drug-likeness (QED) is 0.848. The fraction of sp³-hybridized carbons (Fsp3) is 0.556. The first-order valence-corrected chi connectivity index (χ1v) is 9.05. The third-order valence-corrected chi connectivity index (χ3v) is 6.36. The van der Waals surface area contributed by atoms with Gasteiger partial charge in [0, 0.05) is 11.7 Å². The number of nitrogens with zero attached hydrogens (tertiary/aromatic N) is 1. The van der Waals surface area contributed by atoms with E-state index in [4.69, 9.17) is 0 Å². The Labute approximate surface area is 141 Å². The van der Waals surface area contributed by atoms with Gasteiger partial charge in [0.2, 0.25) is 5.91 Å². The van der Waals surface area contributed by atoms with Gasteiger partial charge in [-0.1, -0.05) is 51.1 Å². The lowest BCUT2D eigenvalue weighted by molar-refractivity contribution is -0.310. The Morgan fingerprint density at radius 2 is 1.87 bits per heavy atom. The van der Waals surface area contributed by atoms with Crippen LogP contribution in [0.15, 0.2) is 30.3 Å². The van der Waals surface area contributed by atoms with Crippen LogP contribution in [0, 0.1) is 11.3 Å². The molecule has 1 saturated heterocycles. The molecule has 0 radical (unpaired) electrons. The molecule has 1 aromatic carbocycles. The number of carboxylic acids is 1. The standard InChI is InChI=1S/C18H23NO3S/c1-18(2,3)17-19(14(10-23-17)16(21)22)15(20)13-9-12(13)11-7-5-4-6-8-11/h4-8,12-14,17H,9-10H2,1-3H3,(H,21,22)/p-1/t12-,13-,14-,17-/m1/s1. The highest BCUT2D eigenvalue weighted by atomic mass is 32.2. The van der Waals surface area contributed by atoms with E-state index >= 15 is 0 Å². The molecule has 1 saturated carbocycles. The minimum Gasteiger partial charge on any atom is -0.548 e. The van der Waals surface area contributed by atoms with Crippen molar-refractivity contribution in [1.29, 1.82) is 0 Å². The second kappa shape index (κ2) is 5.86. The van der Waals surface area contributed by atoms with Crippen LogP contribution in [0.4, 0.5) is 0 Å². The average molecular weight is 332 g/mol. The van der Waals surface area contributed by atoms with Crippen molar-refractivity contribution in [2.24, 2.45) is 11.3 Å². The molecule has 1 aliphatic heterocycles. The molecule has 4 atom stereocenters. The van der Waals surface area contributed by atoms with E-state index in [1.807, 2.05) is 51.1 Å². The molecule has 1 aromatic rings. The van der Waals surface area contributed by atoms with Crippen LogP contribution in [0.1, 0.15) is 38.7 Å². The highest BCUT2D eigenvalue weighted by Gasteiger charge is 2.52. The van der Waals surface area contributed by atoms with Crippen LogP contribution >= 0.6 is 11.8 Å². The minimum absolute atomic E-state index is 0.0296. The maximum atomic E-state index is 13.0. The molecule has 0 unspecified atom stereocenters. The monoisotopic (exact) mass is 332 g/mol. The summed E-state index contributed by atoms with van der Waals surface area (Å²) in [4.78, 5) is 26.0. The van der Waals surface area contributed by atoms with Gasteiger partial charge in [-0.15, -0.1) is 11.8 Å². The fourth-order valence-electron chi connectivity index (χ4n) is 3.35. The molecule has 3 rings (SSSR count). The molecule has 0 bridgehead atoms. The van der Waals surface area contributed by atoms with Crippen molar-refractivity contribution in [2.75, 3.05) is 5.75 Å². The number of aliphatic carboxylic acids is 1. The van der Waals surface area contributed by atoms with Gasteiger partial charge in [0.05, 0.1) is 17.4 Å². The van der Waals surface area contributed by atoms with Gasteiger partial charge in [-0.3, -0.25) is 4.79 Å². The normalized spacial score (nSPS) is 30.3. The summed E-state index contributed by atoms with van der Waals surface area (Å²) in [6.45, 7) is 6.14. The average Bonchev–Trinajstić information content (AvgIpc) is 3.15. The Balaban J connectivity index is 1.80. The van der Waals surface area contributed by atoms with Crippen LogP contribution in [0.3, 0.4) is 0 Å². The second-order valence-electron chi connectivity index (χ2n) is 7.49. The molecule has 0 spiro atoms. The molecule has 4 nitrogen and oxygen atoms in total. The van der Waals surface area contributed by atoms with E-state index in [0.717, 1.165) is 12.0 Å². The summed E-state index contributed by atoms with van der Waals surface area (Å²) >= 11 is 1.55. The summed E-state index contributed by atoms with van der Waals surface area (Å²) in [7, 11) is 0. The number of amides is 1. The zero-order valence-corrected chi connectivity index (χ0v) is 14.5. The van der Waals surface area contributed by atoms with Gasteiger partial charge in [0.1, 0.15) is 0 Å². The SMILES string of the molecule is CC(C)(C)[C@H]1SC[C@H](C(=O)[O-])N1C(=O)[C@@H]1C[C@@H]1c1ccccc1. The Morgan fingerprint density at radius 1 is 1.22 bits per heavy atom. The number of carbonyl (C=O) groups is 2. The van der Waals surface area contributed by atoms with Crippen LogP contribution in [0.2, 0.25) is 0 Å². The smallest absolute Gasteiger partial charge is 0.227 e. The predicted molar refractivity (Wildman–Crippen MR) is 88.6 cm³/mol. The summed E-state index contributed by atoms with van der Waals surface area (Å²) < 4.78 is 0. The summed E-state index contributed by atoms with van der Waals surface area (Å²) in [5.74, 6) is -0.633. The maximum absolute atomic E-state index is 13.0. The Hall–Kier alpha value is -1.49. The van der Waals surface area contributed by atoms with Gasteiger partial charge >= 0.3 is 0 Å². The van der Waals surface area contributed by atoms with Crippen LogP contribution in [-0.4, -0.2) is 33.9 Å². The van der Waals surface area contributed by atoms with Crippen LogP contribution in [0.25, 0.3) is 0 Å². The number of carboxylic acid groups (broad SMARTS) is 1. The summed E-state index contributed by atoms with van der Waals surface area (Å²) in [5, 5.41) is 11.3. The fourth-order valence-corrected chi connectivity index (χ4v) is 4.93. The van der Waals surface area contributed by atoms with Crippen molar-refractivity contribution in [1.82, 2.24) is 4.90 Å². The van der Waals surface area contributed by atoms with Crippen molar-refractivity contribution in [2.45, 2.75) is 44.5 Å². The van der Waals surface area contributed by atoms with E-state index < -0.39 is 12.0 Å². The van der Waals surface area contributed by atoms with Crippen LogP contribution in [-0.2, 0) is 9.59 Å². The number of hydrogen-bond acceptors (Lipinski definition) is 4. The van der Waals surface area contributed by atoms with E-state index in [-0.39, 0.29) is 28.5 Å². The lowest BCUT2D eigenvalue weighted by Gasteiger charge is -2.37. The second-order valence-corrected chi connectivity index (χ2v) is 8.60. The lowest BCUT2D eigenvalue weighted by atomic mass is 9.94. The summed E-state index contributed by atoms with van der Waals surface area (Å²) in [6.07, 6.45) is 0.806. The van der Waals surface area contributed by atoms with E-state index in [2.05, 4.69) is 0 Å². The van der Waals surface area contributed by atoms with Crippen LogP contribution in [0.5, 0.6) is 0 Å². The summed E-state index contributed by atoms with van der Waals surface area (Å²) in [6, 6.07) is 9.17. The topological polar surface area (TPSA) is 60.4 Å². The van der Waals surface area contributed by atoms with Gasteiger partial charge in [0.15, 0.2) is 0 Å². The molecule has 2 aliphatic rings. The van der Waals surface area contributed by atoms with Crippen molar-refractivity contribution in [3.63, 3.8) is 0 Å². The summed E-state index contributed by atoms with van der Waals surface area (Å²) in [5.41, 5.74) is 0.997. The molecule has 0 aromatic heterocycles. The van der Waals surface area contributed by atoms with Crippen molar-refractivity contribution in [3.05, 3.63) is 35.9 Å². The largest absolute Gasteiger partial charge is 0.548 e. The molecule has 1 amide bonds. The third kappa shape index (κ3) is 3.11. The van der Waals surface area contributed by atoms with Gasteiger partial charge in [-0.2, -0.15) is 0 Å².